The number of rotatable bonds is 5. The fraction of sp³-hybridized carbons (Fsp3) is 0.522. The van der Waals surface area contributed by atoms with Gasteiger partial charge < -0.3 is 14.9 Å². The Morgan fingerprint density at radius 2 is 1.97 bits per heavy atom. The largest absolute Gasteiger partial charge is 0.387 e. The third-order valence-electron chi connectivity index (χ3n) is 6.44. The van der Waals surface area contributed by atoms with E-state index in [1.807, 2.05) is 42.6 Å². The third kappa shape index (κ3) is 4.58. The van der Waals surface area contributed by atoms with Gasteiger partial charge in [-0.1, -0.05) is 12.1 Å². The highest BCUT2D eigenvalue weighted by atomic mass is 16.3. The molecule has 6 nitrogen and oxygen atoms in total. The highest BCUT2D eigenvalue weighted by Gasteiger charge is 2.41. The van der Waals surface area contributed by atoms with Gasteiger partial charge in [0.15, 0.2) is 0 Å². The van der Waals surface area contributed by atoms with Gasteiger partial charge in [-0.15, -0.1) is 0 Å². The van der Waals surface area contributed by atoms with Gasteiger partial charge >= 0.3 is 0 Å². The summed E-state index contributed by atoms with van der Waals surface area (Å²) < 4.78 is 0. The number of likely N-dealkylation sites (tertiary alicyclic amines) is 1. The molecule has 2 aromatic heterocycles. The maximum Gasteiger partial charge on any atom is 0.222 e. The lowest BCUT2D eigenvalue weighted by atomic mass is 9.72. The minimum Gasteiger partial charge on any atom is -0.387 e. The number of pyridine rings is 2. The molecule has 2 aliphatic rings. The monoisotopic (exact) mass is 394 g/mol. The van der Waals surface area contributed by atoms with E-state index < -0.39 is 6.10 Å². The standard InChI is InChI=1S/C23H30N4O2/c1-18(28)20-6-4-7-21(25-20)26-15-11-23(12-16-26)10-8-22(29)27(17-23)14-9-19-5-2-3-13-24-19/h2-7,13,18,28H,8-12,14-17H2,1H3. The van der Waals surface area contributed by atoms with Crippen molar-refractivity contribution in [2.45, 2.75) is 45.1 Å². The van der Waals surface area contributed by atoms with Crippen LogP contribution < -0.4 is 4.90 Å². The van der Waals surface area contributed by atoms with Crippen molar-refractivity contribution in [3.63, 3.8) is 0 Å². The highest BCUT2D eigenvalue weighted by Crippen LogP contribution is 2.41. The van der Waals surface area contributed by atoms with Crippen LogP contribution in [0.25, 0.3) is 0 Å². The van der Waals surface area contributed by atoms with Crippen LogP contribution in [0.5, 0.6) is 0 Å². The highest BCUT2D eigenvalue weighted by molar-refractivity contribution is 5.77. The van der Waals surface area contributed by atoms with Crippen LogP contribution in [0.3, 0.4) is 0 Å². The van der Waals surface area contributed by atoms with Crippen LogP contribution in [0.15, 0.2) is 42.6 Å². The Bertz CT molecular complexity index is 832. The average molecular weight is 395 g/mol. The van der Waals surface area contributed by atoms with Gasteiger partial charge in [0.2, 0.25) is 5.91 Å². The van der Waals surface area contributed by atoms with Crippen LogP contribution in [0.2, 0.25) is 0 Å². The van der Waals surface area contributed by atoms with Crippen molar-refractivity contribution in [2.75, 3.05) is 31.1 Å². The number of aliphatic hydroxyl groups excluding tert-OH is 1. The van der Waals surface area contributed by atoms with E-state index in [9.17, 15) is 9.90 Å². The summed E-state index contributed by atoms with van der Waals surface area (Å²) in [5.74, 6) is 1.22. The predicted molar refractivity (Wildman–Crippen MR) is 113 cm³/mol. The molecule has 1 N–H and O–H groups in total. The molecule has 2 saturated heterocycles. The number of piperidine rings is 2. The maximum absolute atomic E-state index is 12.5. The number of anilines is 1. The Hall–Kier alpha value is -2.47. The van der Waals surface area contributed by atoms with E-state index in [2.05, 4.69) is 19.8 Å². The second kappa shape index (κ2) is 8.49. The molecule has 0 bridgehead atoms. The molecule has 1 amide bonds. The molecule has 1 unspecified atom stereocenters. The summed E-state index contributed by atoms with van der Waals surface area (Å²) >= 11 is 0. The fourth-order valence-corrected chi connectivity index (χ4v) is 4.57. The van der Waals surface area contributed by atoms with E-state index in [4.69, 9.17) is 0 Å². The molecule has 4 rings (SSSR count). The van der Waals surface area contributed by atoms with Crippen molar-refractivity contribution in [1.82, 2.24) is 14.9 Å². The van der Waals surface area contributed by atoms with Crippen molar-refractivity contribution in [2.24, 2.45) is 5.41 Å². The number of aliphatic hydroxyl groups is 1. The van der Waals surface area contributed by atoms with E-state index >= 15 is 0 Å². The maximum atomic E-state index is 12.5. The van der Waals surface area contributed by atoms with E-state index in [-0.39, 0.29) is 11.3 Å². The quantitative estimate of drug-likeness (QED) is 0.844. The number of amides is 1. The summed E-state index contributed by atoms with van der Waals surface area (Å²) in [6, 6.07) is 11.8. The lowest BCUT2D eigenvalue weighted by Crippen LogP contribution is -2.52. The summed E-state index contributed by atoms with van der Waals surface area (Å²) in [5.41, 5.74) is 1.97. The lowest BCUT2D eigenvalue weighted by Gasteiger charge is -2.47. The Morgan fingerprint density at radius 1 is 1.14 bits per heavy atom. The summed E-state index contributed by atoms with van der Waals surface area (Å²) in [7, 11) is 0. The van der Waals surface area contributed by atoms with Crippen LogP contribution in [0.4, 0.5) is 5.82 Å². The van der Waals surface area contributed by atoms with Gasteiger partial charge in [0.25, 0.3) is 0 Å². The smallest absolute Gasteiger partial charge is 0.222 e. The van der Waals surface area contributed by atoms with Crippen LogP contribution in [0, 0.1) is 5.41 Å². The van der Waals surface area contributed by atoms with Gasteiger partial charge in [-0.05, 0) is 55.9 Å². The lowest BCUT2D eigenvalue weighted by molar-refractivity contribution is -0.138. The van der Waals surface area contributed by atoms with Crippen molar-refractivity contribution < 1.29 is 9.90 Å². The van der Waals surface area contributed by atoms with Crippen molar-refractivity contribution in [1.29, 1.82) is 0 Å². The number of carbonyl (C=O) groups is 1. The zero-order valence-corrected chi connectivity index (χ0v) is 17.1. The zero-order chi connectivity index (χ0) is 20.3. The Morgan fingerprint density at radius 3 is 2.69 bits per heavy atom. The molecule has 0 aromatic carbocycles. The van der Waals surface area contributed by atoms with Crippen molar-refractivity contribution >= 4 is 11.7 Å². The molecule has 2 aliphatic heterocycles. The van der Waals surface area contributed by atoms with Gasteiger partial charge in [0, 0.05) is 50.9 Å². The Balaban J connectivity index is 1.37. The van der Waals surface area contributed by atoms with E-state index in [1.54, 1.807) is 6.92 Å². The number of aromatic nitrogens is 2. The van der Waals surface area contributed by atoms with Crippen LogP contribution >= 0.6 is 0 Å². The SMILES string of the molecule is CC(O)c1cccc(N2CCC3(CCC(=O)N(CCc4ccccn4)C3)CC2)n1. The Kier molecular flexibility index (Phi) is 5.81. The van der Waals surface area contributed by atoms with Crippen LogP contribution in [-0.2, 0) is 11.2 Å². The van der Waals surface area contributed by atoms with Gasteiger partial charge in [0.1, 0.15) is 5.82 Å². The first-order valence-electron chi connectivity index (χ1n) is 10.6. The van der Waals surface area contributed by atoms with Gasteiger partial charge in [-0.3, -0.25) is 9.78 Å². The van der Waals surface area contributed by atoms with Gasteiger partial charge in [-0.25, -0.2) is 4.98 Å². The number of nitrogens with zero attached hydrogens (tertiary/aromatic N) is 4. The molecule has 6 heteroatoms. The summed E-state index contributed by atoms with van der Waals surface area (Å²) in [5, 5.41) is 9.81. The molecule has 2 aromatic rings. The van der Waals surface area contributed by atoms with E-state index in [1.165, 1.54) is 0 Å². The fourth-order valence-electron chi connectivity index (χ4n) is 4.57. The molecule has 1 atom stereocenters. The summed E-state index contributed by atoms with van der Waals surface area (Å²) in [4.78, 5) is 25.9. The summed E-state index contributed by atoms with van der Waals surface area (Å²) in [6.07, 6.45) is 5.85. The number of hydrogen-bond acceptors (Lipinski definition) is 5. The molecular formula is C23H30N4O2. The number of hydrogen-bond donors (Lipinski definition) is 1. The molecule has 4 heterocycles. The first-order valence-corrected chi connectivity index (χ1v) is 10.6. The van der Waals surface area contributed by atoms with Crippen LogP contribution in [-0.4, -0.2) is 52.1 Å². The van der Waals surface area contributed by atoms with Crippen LogP contribution in [0.1, 0.15) is 50.1 Å². The predicted octanol–water partition coefficient (Wildman–Crippen LogP) is 2.98. The summed E-state index contributed by atoms with van der Waals surface area (Å²) in [6.45, 7) is 5.24. The number of carbonyl (C=O) groups excluding carboxylic acids is 1. The van der Waals surface area contributed by atoms with E-state index in [0.717, 1.165) is 63.4 Å². The third-order valence-corrected chi connectivity index (χ3v) is 6.44. The Labute approximate surface area is 172 Å². The van der Waals surface area contributed by atoms with E-state index in [0.29, 0.717) is 12.1 Å². The minimum absolute atomic E-state index is 0.219. The topological polar surface area (TPSA) is 69.6 Å². The molecule has 0 radical (unpaired) electrons. The molecule has 2 fully saturated rings. The second-order valence-corrected chi connectivity index (χ2v) is 8.47. The first-order chi connectivity index (χ1) is 14.0. The van der Waals surface area contributed by atoms with Crippen molar-refractivity contribution in [3.05, 3.63) is 54.0 Å². The molecule has 29 heavy (non-hydrogen) atoms. The zero-order valence-electron chi connectivity index (χ0n) is 17.1. The van der Waals surface area contributed by atoms with Crippen molar-refractivity contribution in [3.8, 4) is 0 Å². The molecular weight excluding hydrogens is 364 g/mol. The first kappa shape index (κ1) is 19.8. The normalized spacial score (nSPS) is 20.1. The molecule has 1 spiro atoms. The average Bonchev–Trinajstić information content (AvgIpc) is 2.76. The van der Waals surface area contributed by atoms with Gasteiger partial charge in [-0.2, -0.15) is 0 Å². The molecule has 0 saturated carbocycles. The van der Waals surface area contributed by atoms with Gasteiger partial charge in [0.05, 0.1) is 11.8 Å². The molecule has 154 valence electrons. The second-order valence-electron chi connectivity index (χ2n) is 8.47. The molecule has 0 aliphatic carbocycles. The minimum atomic E-state index is -0.553.